The molecule has 0 unspecified atom stereocenters. The van der Waals surface area contributed by atoms with E-state index in [0.29, 0.717) is 31.0 Å². The second kappa shape index (κ2) is 13.2. The number of allylic oxidation sites excluding steroid dienone is 6. The van der Waals surface area contributed by atoms with Gasteiger partial charge in [-0.1, -0.05) is 58.0 Å². The maximum absolute atomic E-state index is 14.6. The zero-order valence-electron chi connectivity index (χ0n) is 27.3. The van der Waals surface area contributed by atoms with Gasteiger partial charge >= 0.3 is 6.18 Å². The molecular weight excluding hydrogens is 585 g/mol. The monoisotopic (exact) mass is 631 g/mol. The van der Waals surface area contributed by atoms with E-state index in [0.717, 1.165) is 53.5 Å². The third kappa shape index (κ3) is 7.44. The number of carbonyl (C=O) groups excluding carboxylic acids is 1. The van der Waals surface area contributed by atoms with Crippen molar-refractivity contribution in [1.29, 1.82) is 0 Å². The van der Waals surface area contributed by atoms with Crippen LogP contribution in [0.25, 0.3) is 0 Å². The van der Waals surface area contributed by atoms with Gasteiger partial charge in [0.15, 0.2) is 0 Å². The van der Waals surface area contributed by atoms with Crippen molar-refractivity contribution in [3.63, 3.8) is 0 Å². The van der Waals surface area contributed by atoms with E-state index in [1.807, 2.05) is 19.9 Å². The Bertz CT molecular complexity index is 1410. The topological polar surface area (TPSA) is 35.9 Å². The van der Waals surface area contributed by atoms with E-state index < -0.39 is 23.1 Å². The van der Waals surface area contributed by atoms with Crippen molar-refractivity contribution in [2.45, 2.75) is 104 Å². The van der Waals surface area contributed by atoms with Gasteiger partial charge in [0.2, 0.25) is 5.91 Å². The summed E-state index contributed by atoms with van der Waals surface area (Å²) in [4.78, 5) is 22.0. The minimum atomic E-state index is -4.41. The van der Waals surface area contributed by atoms with Crippen molar-refractivity contribution >= 4 is 11.6 Å². The molecule has 0 spiro atoms. The van der Waals surface area contributed by atoms with E-state index >= 15 is 0 Å². The molecule has 1 saturated carbocycles. The number of alkyl halides is 5. The van der Waals surface area contributed by atoms with Gasteiger partial charge in [-0.3, -0.25) is 9.79 Å². The predicted octanol–water partition coefficient (Wildman–Crippen LogP) is 9.16. The number of rotatable bonds is 9. The molecule has 4 rings (SSSR count). The van der Waals surface area contributed by atoms with Gasteiger partial charge in [0.1, 0.15) is 0 Å². The van der Waals surface area contributed by atoms with Gasteiger partial charge in [0.05, 0.1) is 11.3 Å². The van der Waals surface area contributed by atoms with Crippen LogP contribution in [0, 0.1) is 11.3 Å². The molecule has 1 heterocycles. The lowest BCUT2D eigenvalue weighted by Crippen LogP contribution is -2.58. The van der Waals surface area contributed by atoms with Gasteiger partial charge in [-0.15, -0.1) is 0 Å². The molecule has 246 valence electrons. The first-order chi connectivity index (χ1) is 21.0. The first-order valence-electron chi connectivity index (χ1n) is 15.9. The van der Waals surface area contributed by atoms with Gasteiger partial charge in [-0.25, -0.2) is 8.78 Å². The third-order valence-electron chi connectivity index (χ3n) is 9.77. The van der Waals surface area contributed by atoms with Crippen LogP contribution in [0.15, 0.2) is 76.6 Å². The highest BCUT2D eigenvalue weighted by Gasteiger charge is 2.47. The molecule has 45 heavy (non-hydrogen) atoms. The fourth-order valence-electron chi connectivity index (χ4n) is 6.71. The molecule has 1 aromatic rings. The van der Waals surface area contributed by atoms with Crippen molar-refractivity contribution in [3.05, 3.63) is 82.7 Å². The molecule has 0 bridgehead atoms. The fraction of sp³-hybridized carbons (Fsp3) is 0.556. The second-order valence-electron chi connectivity index (χ2n) is 13.5. The number of piperazine rings is 1. The van der Waals surface area contributed by atoms with Crippen LogP contribution in [0.4, 0.5) is 22.0 Å². The third-order valence-corrected chi connectivity index (χ3v) is 9.77. The lowest BCUT2D eigenvalue weighted by atomic mass is 9.72. The molecule has 0 radical (unpaired) electrons. The molecule has 0 aromatic heterocycles. The standard InChI is InChI=1S/C36H46F5N3O/c1-8-35(37,38)34(6,7)20-32(45)44-22-23(3)43(21-24(44)4)25(5)33-30(28-13-11-14-28)18-27(19-31(33)42-9-2)16-26-12-10-15-29(17-26)36(39,40)41/h9-10,12,15,17-19,23-24,28H,2,8,11,13-14,16,20-22H2,1,3-7H3/b33-25+,42-31?/t23-,24+/m0/s1. The molecule has 1 aromatic carbocycles. The van der Waals surface area contributed by atoms with Crippen LogP contribution in [-0.2, 0) is 17.4 Å². The molecule has 9 heteroatoms. The molecular formula is C36H46F5N3O. The zero-order valence-corrected chi connectivity index (χ0v) is 27.3. The number of hydrogen-bond acceptors (Lipinski definition) is 3. The summed E-state index contributed by atoms with van der Waals surface area (Å²) in [5, 5.41) is 0. The minimum Gasteiger partial charge on any atom is -0.368 e. The predicted molar refractivity (Wildman–Crippen MR) is 170 cm³/mol. The van der Waals surface area contributed by atoms with Crippen molar-refractivity contribution in [1.82, 2.24) is 9.80 Å². The molecule has 2 fully saturated rings. The number of aliphatic imine (C=N–C) groups is 1. The van der Waals surface area contributed by atoms with Crippen molar-refractivity contribution in [2.24, 2.45) is 16.3 Å². The SMILES string of the molecule is C=CN=C1C=C(Cc2cccc(C(F)(F)F)c2)C=C(C2CCC2)/C1=C(/C)N1C[C@@H](C)N(C(=O)CC(C)(C)C(F)(F)CC)C[C@@H]1C. The maximum Gasteiger partial charge on any atom is 0.416 e. The van der Waals surface area contributed by atoms with Gasteiger partial charge in [0.25, 0.3) is 5.92 Å². The Balaban J connectivity index is 1.63. The average Bonchev–Trinajstić information content (AvgIpc) is 2.92. The number of nitrogens with zero attached hydrogens (tertiary/aromatic N) is 3. The van der Waals surface area contributed by atoms with Crippen molar-refractivity contribution in [3.8, 4) is 0 Å². The Hall–Kier alpha value is -3.23. The fourth-order valence-corrected chi connectivity index (χ4v) is 6.71. The van der Waals surface area contributed by atoms with Crippen molar-refractivity contribution < 1.29 is 26.7 Å². The van der Waals surface area contributed by atoms with Crippen LogP contribution in [0.5, 0.6) is 0 Å². The summed E-state index contributed by atoms with van der Waals surface area (Å²) in [6, 6.07) is 5.17. The molecule has 1 amide bonds. The molecule has 4 nitrogen and oxygen atoms in total. The highest BCUT2D eigenvalue weighted by Crippen LogP contribution is 2.44. The average molecular weight is 632 g/mol. The van der Waals surface area contributed by atoms with Crippen LogP contribution in [-0.4, -0.2) is 52.5 Å². The van der Waals surface area contributed by atoms with E-state index in [-0.39, 0.29) is 30.8 Å². The number of amides is 1. The number of benzene rings is 1. The quantitative estimate of drug-likeness (QED) is 0.255. The summed E-state index contributed by atoms with van der Waals surface area (Å²) < 4.78 is 69.4. The second-order valence-corrected chi connectivity index (χ2v) is 13.5. The first kappa shape index (κ1) is 34.6. The number of hydrogen-bond donors (Lipinski definition) is 0. The van der Waals surface area contributed by atoms with Crippen LogP contribution < -0.4 is 0 Å². The van der Waals surface area contributed by atoms with E-state index in [1.54, 1.807) is 11.0 Å². The highest BCUT2D eigenvalue weighted by molar-refractivity contribution is 6.14. The molecule has 1 aliphatic heterocycles. The normalized spacial score (nSPS) is 23.8. The summed E-state index contributed by atoms with van der Waals surface area (Å²) in [6.07, 6.45) is 4.08. The molecule has 2 atom stereocenters. The molecule has 3 aliphatic rings. The molecule has 2 aliphatic carbocycles. The van der Waals surface area contributed by atoms with Gasteiger partial charge < -0.3 is 9.80 Å². The van der Waals surface area contributed by atoms with E-state index in [9.17, 15) is 26.7 Å². The summed E-state index contributed by atoms with van der Waals surface area (Å²) in [7, 11) is 0. The maximum atomic E-state index is 14.6. The molecule has 1 saturated heterocycles. The lowest BCUT2D eigenvalue weighted by molar-refractivity contribution is -0.152. The Morgan fingerprint density at radius 2 is 1.69 bits per heavy atom. The first-order valence-corrected chi connectivity index (χ1v) is 15.9. The summed E-state index contributed by atoms with van der Waals surface area (Å²) >= 11 is 0. The number of carbonyl (C=O) groups is 1. The van der Waals surface area contributed by atoms with Crippen LogP contribution in [0.1, 0.15) is 84.8 Å². The Morgan fingerprint density at radius 3 is 2.27 bits per heavy atom. The van der Waals surface area contributed by atoms with E-state index in [2.05, 4.69) is 29.5 Å². The van der Waals surface area contributed by atoms with E-state index in [4.69, 9.17) is 0 Å². The highest BCUT2D eigenvalue weighted by atomic mass is 19.4. The summed E-state index contributed by atoms with van der Waals surface area (Å²) in [5.41, 5.74) is 3.20. The van der Waals surface area contributed by atoms with Crippen LogP contribution >= 0.6 is 0 Å². The Labute approximate surface area is 264 Å². The van der Waals surface area contributed by atoms with Gasteiger partial charge in [-0.05, 0) is 74.8 Å². The Morgan fingerprint density at radius 1 is 1.04 bits per heavy atom. The smallest absolute Gasteiger partial charge is 0.368 e. The minimum absolute atomic E-state index is 0.0736. The van der Waals surface area contributed by atoms with Gasteiger partial charge in [-0.2, -0.15) is 13.2 Å². The van der Waals surface area contributed by atoms with Crippen LogP contribution in [0.3, 0.4) is 0 Å². The Kier molecular flexibility index (Phi) is 10.2. The van der Waals surface area contributed by atoms with Gasteiger partial charge in [0, 0.05) is 60.9 Å². The lowest BCUT2D eigenvalue weighted by Gasteiger charge is -2.47. The van der Waals surface area contributed by atoms with Crippen LogP contribution in [0.2, 0.25) is 0 Å². The van der Waals surface area contributed by atoms with E-state index in [1.165, 1.54) is 39.1 Å². The zero-order chi connectivity index (χ0) is 33.3. The summed E-state index contributed by atoms with van der Waals surface area (Å²) in [6.45, 7) is 15.2. The number of halogens is 5. The molecule has 0 N–H and O–H groups in total. The van der Waals surface area contributed by atoms with Crippen molar-refractivity contribution in [2.75, 3.05) is 13.1 Å². The summed E-state index contributed by atoms with van der Waals surface area (Å²) in [5.74, 6) is -2.89. The largest absolute Gasteiger partial charge is 0.416 e.